The standard InChI is InChI=1S/C7H12ClNO5.C4H7NO4.C3H4ClO/c8-1-5(10)2-9(3-6(11)12)4-7(13)14;6-3(7)1-5-2-4(8)9;4-1-3-2-5-3/h5,10H,1-4H2,(H,11,12)(H,13,14);5H,1-2H2,(H,6,7)(H,8,9);2-3H,1H2/q;;+1/p-4. The topological polar surface area (TPSA) is 209 Å². The highest BCUT2D eigenvalue weighted by atomic mass is 35.5. The molecule has 1 aliphatic heterocycles. The van der Waals surface area contributed by atoms with Crippen LogP contribution in [0.2, 0.25) is 0 Å². The highest BCUT2D eigenvalue weighted by Crippen LogP contribution is 2.15. The quantitative estimate of drug-likeness (QED) is 0.163. The molecule has 0 amide bonds. The molecule has 0 saturated carbocycles. The van der Waals surface area contributed by atoms with Crippen LogP contribution in [-0.2, 0) is 23.9 Å². The minimum absolute atomic E-state index is 0.101. The number of aliphatic hydroxyl groups excluding tert-OH is 1. The van der Waals surface area contributed by atoms with Crippen LogP contribution in [-0.4, -0.2) is 90.6 Å². The number of ether oxygens (including phenoxy) is 1. The normalized spacial score (nSPS) is 15.1. The summed E-state index contributed by atoms with van der Waals surface area (Å²) in [6.07, 6.45) is -0.702. The molecule has 2 atom stereocenters. The van der Waals surface area contributed by atoms with Gasteiger partial charge in [0, 0.05) is 38.6 Å². The number of hydrogen-bond acceptors (Lipinski definition) is 12. The number of aliphatic hydroxyl groups is 1. The molecule has 12 nitrogen and oxygen atoms in total. The van der Waals surface area contributed by atoms with Gasteiger partial charge in [0.25, 0.3) is 12.7 Å². The molecule has 0 aromatic heterocycles. The van der Waals surface area contributed by atoms with Crippen LogP contribution < -0.4 is 25.7 Å². The van der Waals surface area contributed by atoms with Crippen LogP contribution in [0.3, 0.4) is 0 Å². The second-order valence-electron chi connectivity index (χ2n) is 5.03. The van der Waals surface area contributed by atoms with Crippen molar-refractivity contribution >= 4 is 47.1 Å². The average molecular weight is 446 g/mol. The van der Waals surface area contributed by atoms with E-state index in [1.165, 1.54) is 0 Å². The van der Waals surface area contributed by atoms with Gasteiger partial charge in [0.05, 0.1) is 35.9 Å². The number of carbonyl (C=O) groups excluding carboxylic acids is 4. The van der Waals surface area contributed by atoms with E-state index in [4.69, 9.17) is 28.3 Å². The third kappa shape index (κ3) is 24.2. The zero-order chi connectivity index (χ0) is 22.1. The van der Waals surface area contributed by atoms with Crippen molar-refractivity contribution in [2.75, 3.05) is 44.5 Å². The van der Waals surface area contributed by atoms with Crippen molar-refractivity contribution in [1.82, 2.24) is 10.2 Å². The number of aliphatic carboxylic acids is 4. The molecule has 0 aliphatic carbocycles. The largest absolute Gasteiger partial charge is 0.549 e. The van der Waals surface area contributed by atoms with Crippen LogP contribution in [0, 0.1) is 6.61 Å². The van der Waals surface area contributed by atoms with E-state index in [1.54, 1.807) is 6.61 Å². The fourth-order valence-electron chi connectivity index (χ4n) is 1.29. The van der Waals surface area contributed by atoms with Crippen molar-refractivity contribution < 1.29 is 49.4 Å². The molecule has 0 bridgehead atoms. The van der Waals surface area contributed by atoms with Crippen LogP contribution >= 0.6 is 23.2 Å². The molecule has 1 heterocycles. The molecule has 0 spiro atoms. The third-order valence-electron chi connectivity index (χ3n) is 2.37. The maximum absolute atomic E-state index is 10.2. The maximum atomic E-state index is 10.2. The van der Waals surface area contributed by atoms with Gasteiger partial charge < -0.3 is 50.0 Å². The smallest absolute Gasteiger partial charge is 0.288 e. The van der Waals surface area contributed by atoms with Gasteiger partial charge in [-0.2, -0.15) is 0 Å². The van der Waals surface area contributed by atoms with Crippen molar-refractivity contribution in [3.63, 3.8) is 0 Å². The Balaban J connectivity index is 0. The minimum atomic E-state index is -1.42. The zero-order valence-corrected chi connectivity index (χ0v) is 16.0. The SMILES string of the molecule is ClCC1[CH+]O1.O=C([O-])CN(CC(=O)[O-])CC(O)CCl.O=C([O-])CNCC(=O)[O-]. The van der Waals surface area contributed by atoms with Gasteiger partial charge in [-0.05, 0) is 0 Å². The molecule has 0 radical (unpaired) electrons. The van der Waals surface area contributed by atoms with Crippen molar-refractivity contribution in [3.8, 4) is 0 Å². The van der Waals surface area contributed by atoms with Gasteiger partial charge in [0.2, 0.25) is 0 Å². The summed E-state index contributed by atoms with van der Waals surface area (Å²) in [4.78, 5) is 40.5. The Morgan fingerprint density at radius 3 is 1.64 bits per heavy atom. The second kappa shape index (κ2) is 17.3. The Kier molecular flexibility index (Phi) is 17.5. The lowest BCUT2D eigenvalue weighted by molar-refractivity contribution is -0.311. The Bertz CT molecular complexity index is 461. The first kappa shape index (κ1) is 28.4. The van der Waals surface area contributed by atoms with Crippen molar-refractivity contribution in [2.24, 2.45) is 0 Å². The molecule has 0 aromatic rings. The van der Waals surface area contributed by atoms with Gasteiger partial charge in [-0.3, -0.25) is 4.90 Å². The van der Waals surface area contributed by atoms with Gasteiger partial charge in [-0.15, -0.1) is 27.9 Å². The van der Waals surface area contributed by atoms with Crippen LogP contribution in [0.5, 0.6) is 0 Å². The predicted octanol–water partition coefficient (Wildman–Crippen LogP) is -6.75. The van der Waals surface area contributed by atoms with E-state index in [0.29, 0.717) is 5.88 Å². The van der Waals surface area contributed by atoms with Gasteiger partial charge in [0.1, 0.15) is 0 Å². The molecule has 1 rings (SSSR count). The van der Waals surface area contributed by atoms with Gasteiger partial charge in [-0.25, -0.2) is 0 Å². The number of nitrogens with zero attached hydrogens (tertiary/aromatic N) is 1. The number of rotatable bonds is 12. The van der Waals surface area contributed by atoms with Crippen molar-refractivity contribution in [2.45, 2.75) is 12.2 Å². The summed E-state index contributed by atoms with van der Waals surface area (Å²) in [6.45, 7) is -0.524. The molecule has 1 fully saturated rings. The zero-order valence-electron chi connectivity index (χ0n) is 14.5. The monoisotopic (exact) mass is 445 g/mol. The third-order valence-corrected chi connectivity index (χ3v) is 3.03. The lowest BCUT2D eigenvalue weighted by Crippen LogP contribution is -2.47. The van der Waals surface area contributed by atoms with Crippen LogP contribution in [0.25, 0.3) is 0 Å². The molecule has 0 aromatic carbocycles. The summed E-state index contributed by atoms with van der Waals surface area (Å²) < 4.78 is 4.60. The van der Waals surface area contributed by atoms with Crippen LogP contribution in [0.15, 0.2) is 0 Å². The number of halogens is 2. The molecular formula is C14H19Cl2N2O10-3. The summed E-state index contributed by atoms with van der Waals surface area (Å²) in [5.74, 6) is -5.01. The molecule has 28 heavy (non-hydrogen) atoms. The first-order valence-corrected chi connectivity index (χ1v) is 8.59. The predicted molar refractivity (Wildman–Crippen MR) is 86.0 cm³/mol. The van der Waals surface area contributed by atoms with Gasteiger partial charge in [0.15, 0.2) is 0 Å². The lowest BCUT2D eigenvalue weighted by Gasteiger charge is -2.24. The molecule has 1 aliphatic rings. The Labute approximate surface area is 170 Å². The number of carboxylic acids is 4. The molecule has 2 unspecified atom stereocenters. The number of carboxylic acid groups (broad SMARTS) is 4. The maximum Gasteiger partial charge on any atom is 0.288 e. The van der Waals surface area contributed by atoms with E-state index in [-0.39, 0.29) is 18.5 Å². The van der Waals surface area contributed by atoms with E-state index in [0.717, 1.165) is 4.90 Å². The Hall–Kier alpha value is -1.83. The van der Waals surface area contributed by atoms with E-state index in [9.17, 15) is 39.6 Å². The fourth-order valence-corrected chi connectivity index (χ4v) is 1.53. The average Bonchev–Trinajstić information content (AvgIpc) is 3.38. The first-order valence-electron chi connectivity index (χ1n) is 7.53. The van der Waals surface area contributed by atoms with Crippen molar-refractivity contribution in [1.29, 1.82) is 0 Å². The van der Waals surface area contributed by atoms with Crippen LogP contribution in [0.4, 0.5) is 0 Å². The molecule has 1 saturated heterocycles. The number of hydrogen-bond donors (Lipinski definition) is 2. The van der Waals surface area contributed by atoms with E-state index < -0.39 is 56.2 Å². The second-order valence-corrected chi connectivity index (χ2v) is 5.65. The summed E-state index contributed by atoms with van der Waals surface area (Å²) in [7, 11) is 0. The first-order chi connectivity index (χ1) is 13.0. The number of alkyl halides is 2. The highest BCUT2D eigenvalue weighted by Gasteiger charge is 2.37. The van der Waals surface area contributed by atoms with Gasteiger partial charge in [-0.1, -0.05) is 0 Å². The van der Waals surface area contributed by atoms with Crippen molar-refractivity contribution in [3.05, 3.63) is 6.61 Å². The van der Waals surface area contributed by atoms with E-state index in [1.807, 2.05) is 0 Å². The number of carbonyl (C=O) groups is 4. The lowest BCUT2D eigenvalue weighted by atomic mass is 10.3. The summed E-state index contributed by atoms with van der Waals surface area (Å²) in [5, 5.41) is 50.7. The highest BCUT2D eigenvalue weighted by molar-refractivity contribution is 6.18. The summed E-state index contributed by atoms with van der Waals surface area (Å²) >= 11 is 10.5. The summed E-state index contributed by atoms with van der Waals surface area (Å²) in [6, 6.07) is 0. The fraction of sp³-hybridized carbons (Fsp3) is 0.643. The molecule has 2 N–H and O–H groups in total. The molecular weight excluding hydrogens is 427 g/mol. The number of epoxide rings is 1. The number of nitrogens with one attached hydrogen (secondary N) is 1. The van der Waals surface area contributed by atoms with Gasteiger partial charge >= 0.3 is 0 Å². The Morgan fingerprint density at radius 2 is 1.43 bits per heavy atom. The van der Waals surface area contributed by atoms with Crippen LogP contribution in [0.1, 0.15) is 0 Å². The van der Waals surface area contributed by atoms with E-state index in [2.05, 4.69) is 10.1 Å². The molecule has 162 valence electrons. The Morgan fingerprint density at radius 1 is 1.00 bits per heavy atom. The summed E-state index contributed by atoms with van der Waals surface area (Å²) in [5.41, 5.74) is 0. The van der Waals surface area contributed by atoms with E-state index >= 15 is 0 Å². The molecule has 14 heteroatoms. The minimum Gasteiger partial charge on any atom is -0.549 e.